The van der Waals surface area contributed by atoms with Gasteiger partial charge in [-0.1, -0.05) is 24.3 Å². The predicted octanol–water partition coefficient (Wildman–Crippen LogP) is 3.76. The number of anilines is 1. The zero-order chi connectivity index (χ0) is 16.2. The Morgan fingerprint density at radius 2 is 1.74 bits per heavy atom. The molecule has 23 heavy (non-hydrogen) atoms. The van der Waals surface area contributed by atoms with Crippen molar-refractivity contribution in [1.82, 2.24) is 0 Å². The van der Waals surface area contributed by atoms with Crippen LogP contribution in [0.1, 0.15) is 30.9 Å². The van der Waals surface area contributed by atoms with Gasteiger partial charge in [-0.25, -0.2) is 0 Å². The summed E-state index contributed by atoms with van der Waals surface area (Å²) in [7, 11) is 0. The molecule has 0 fully saturated rings. The van der Waals surface area contributed by atoms with E-state index >= 15 is 0 Å². The lowest BCUT2D eigenvalue weighted by molar-refractivity contribution is -0.117. The molecule has 4 heteroatoms. The van der Waals surface area contributed by atoms with Gasteiger partial charge in [0.2, 0.25) is 5.91 Å². The highest BCUT2D eigenvalue weighted by atomic mass is 16.5. The molecule has 0 saturated heterocycles. The van der Waals surface area contributed by atoms with Crippen molar-refractivity contribution in [3.8, 4) is 11.5 Å². The van der Waals surface area contributed by atoms with E-state index in [9.17, 15) is 4.79 Å². The average molecular weight is 311 g/mol. The van der Waals surface area contributed by atoms with Gasteiger partial charge in [-0.2, -0.15) is 0 Å². The van der Waals surface area contributed by atoms with Crippen molar-refractivity contribution < 1.29 is 14.3 Å². The van der Waals surface area contributed by atoms with E-state index in [0.717, 1.165) is 28.3 Å². The summed E-state index contributed by atoms with van der Waals surface area (Å²) in [6.45, 7) is 5.07. The van der Waals surface area contributed by atoms with Crippen LogP contribution >= 0.6 is 0 Å². The Hall–Kier alpha value is -2.49. The Morgan fingerprint density at radius 3 is 2.52 bits per heavy atom. The van der Waals surface area contributed by atoms with Crippen molar-refractivity contribution in [3.63, 3.8) is 0 Å². The van der Waals surface area contributed by atoms with Gasteiger partial charge < -0.3 is 14.8 Å². The molecule has 1 aliphatic heterocycles. The Bertz CT molecular complexity index is 712. The standard InChI is InChI=1S/C19H21NO3/c1-3-22-17-10-9-13(12-18(17)23-4-2)11-15-14-7-5-6-8-16(14)20-19(15)21/h5-10,12,15H,3-4,11H2,1-2H3,(H,20,21)/t15-/m0/s1. The molecule has 1 amide bonds. The van der Waals surface area contributed by atoms with Crippen LogP contribution in [-0.2, 0) is 11.2 Å². The summed E-state index contributed by atoms with van der Waals surface area (Å²) in [5.41, 5.74) is 3.04. The number of hydrogen-bond donors (Lipinski definition) is 1. The molecule has 0 unspecified atom stereocenters. The number of carbonyl (C=O) groups is 1. The molecule has 2 aromatic rings. The molecule has 2 aromatic carbocycles. The minimum absolute atomic E-state index is 0.0537. The van der Waals surface area contributed by atoms with E-state index in [1.807, 2.05) is 56.3 Å². The molecular weight excluding hydrogens is 290 g/mol. The zero-order valence-electron chi connectivity index (χ0n) is 13.5. The molecular formula is C19H21NO3. The molecule has 0 spiro atoms. The second-order valence-corrected chi connectivity index (χ2v) is 5.48. The molecule has 1 heterocycles. The lowest BCUT2D eigenvalue weighted by Gasteiger charge is -2.14. The maximum absolute atomic E-state index is 12.2. The van der Waals surface area contributed by atoms with Gasteiger partial charge in [-0.3, -0.25) is 4.79 Å². The second kappa shape index (κ2) is 6.73. The Balaban J connectivity index is 1.85. The van der Waals surface area contributed by atoms with Gasteiger partial charge in [0, 0.05) is 5.69 Å². The van der Waals surface area contributed by atoms with Gasteiger partial charge in [0.25, 0.3) is 0 Å². The van der Waals surface area contributed by atoms with Crippen molar-refractivity contribution in [2.45, 2.75) is 26.2 Å². The molecule has 1 N–H and O–H groups in total. The highest BCUT2D eigenvalue weighted by Crippen LogP contribution is 2.36. The quantitative estimate of drug-likeness (QED) is 0.883. The van der Waals surface area contributed by atoms with Crippen LogP contribution in [0.5, 0.6) is 11.5 Å². The number of nitrogens with one attached hydrogen (secondary N) is 1. The van der Waals surface area contributed by atoms with Crippen molar-refractivity contribution in [1.29, 1.82) is 0 Å². The first kappa shape index (κ1) is 15.4. The van der Waals surface area contributed by atoms with E-state index in [0.29, 0.717) is 19.6 Å². The SMILES string of the molecule is CCOc1ccc(C[C@@H]2C(=O)Nc3ccccc32)cc1OCC. The van der Waals surface area contributed by atoms with Crippen LogP contribution < -0.4 is 14.8 Å². The molecule has 0 aromatic heterocycles. The molecule has 0 radical (unpaired) electrons. The number of benzene rings is 2. The van der Waals surface area contributed by atoms with Gasteiger partial charge in [0.05, 0.1) is 19.1 Å². The van der Waals surface area contributed by atoms with E-state index in [1.54, 1.807) is 0 Å². The largest absolute Gasteiger partial charge is 0.490 e. The van der Waals surface area contributed by atoms with Crippen molar-refractivity contribution in [2.75, 3.05) is 18.5 Å². The van der Waals surface area contributed by atoms with Gasteiger partial charge in [-0.05, 0) is 49.6 Å². The lowest BCUT2D eigenvalue weighted by Crippen LogP contribution is -2.14. The number of hydrogen-bond acceptors (Lipinski definition) is 3. The normalized spacial score (nSPS) is 15.9. The summed E-state index contributed by atoms with van der Waals surface area (Å²) in [6.07, 6.45) is 0.648. The third-order valence-electron chi connectivity index (χ3n) is 3.96. The number of fused-ring (bicyclic) bond motifs is 1. The first-order valence-corrected chi connectivity index (χ1v) is 8.01. The number of rotatable bonds is 6. The minimum atomic E-state index is -0.154. The number of carbonyl (C=O) groups excluding carboxylic acids is 1. The van der Waals surface area contributed by atoms with E-state index in [2.05, 4.69) is 5.32 Å². The summed E-state index contributed by atoms with van der Waals surface area (Å²) in [5, 5.41) is 2.94. The van der Waals surface area contributed by atoms with Gasteiger partial charge in [0.15, 0.2) is 11.5 Å². The van der Waals surface area contributed by atoms with E-state index in [4.69, 9.17) is 9.47 Å². The highest BCUT2D eigenvalue weighted by Gasteiger charge is 2.30. The predicted molar refractivity (Wildman–Crippen MR) is 90.3 cm³/mol. The highest BCUT2D eigenvalue weighted by molar-refractivity contribution is 6.03. The Morgan fingerprint density at radius 1 is 1.00 bits per heavy atom. The van der Waals surface area contributed by atoms with Crippen LogP contribution in [0.4, 0.5) is 5.69 Å². The van der Waals surface area contributed by atoms with Crippen molar-refractivity contribution in [2.24, 2.45) is 0 Å². The number of para-hydroxylation sites is 1. The molecule has 1 atom stereocenters. The minimum Gasteiger partial charge on any atom is -0.490 e. The fourth-order valence-electron chi connectivity index (χ4n) is 2.94. The maximum atomic E-state index is 12.2. The van der Waals surface area contributed by atoms with Crippen molar-refractivity contribution in [3.05, 3.63) is 53.6 Å². The molecule has 4 nitrogen and oxygen atoms in total. The van der Waals surface area contributed by atoms with Gasteiger partial charge in [-0.15, -0.1) is 0 Å². The molecule has 3 rings (SSSR count). The van der Waals surface area contributed by atoms with Crippen LogP contribution in [0.15, 0.2) is 42.5 Å². The summed E-state index contributed by atoms with van der Waals surface area (Å²) in [6, 6.07) is 13.8. The van der Waals surface area contributed by atoms with Crippen LogP contribution in [0.2, 0.25) is 0 Å². The first-order chi connectivity index (χ1) is 11.2. The van der Waals surface area contributed by atoms with Gasteiger partial charge >= 0.3 is 0 Å². The summed E-state index contributed by atoms with van der Waals surface area (Å²) >= 11 is 0. The van der Waals surface area contributed by atoms with E-state index < -0.39 is 0 Å². The average Bonchev–Trinajstić information content (AvgIpc) is 2.86. The Kier molecular flexibility index (Phi) is 4.51. The second-order valence-electron chi connectivity index (χ2n) is 5.48. The third-order valence-corrected chi connectivity index (χ3v) is 3.96. The summed E-state index contributed by atoms with van der Waals surface area (Å²) < 4.78 is 11.3. The smallest absolute Gasteiger partial charge is 0.232 e. The monoisotopic (exact) mass is 311 g/mol. The molecule has 0 saturated carbocycles. The summed E-state index contributed by atoms with van der Waals surface area (Å²) in [4.78, 5) is 12.2. The molecule has 0 bridgehead atoms. The van der Waals surface area contributed by atoms with Crippen LogP contribution in [0.25, 0.3) is 0 Å². The van der Waals surface area contributed by atoms with Crippen molar-refractivity contribution >= 4 is 11.6 Å². The summed E-state index contributed by atoms with van der Waals surface area (Å²) in [5.74, 6) is 1.38. The zero-order valence-corrected chi connectivity index (χ0v) is 13.5. The van der Waals surface area contributed by atoms with E-state index in [-0.39, 0.29) is 11.8 Å². The van der Waals surface area contributed by atoms with Crippen LogP contribution in [-0.4, -0.2) is 19.1 Å². The van der Waals surface area contributed by atoms with E-state index in [1.165, 1.54) is 0 Å². The maximum Gasteiger partial charge on any atom is 0.232 e. The third kappa shape index (κ3) is 3.16. The number of ether oxygens (including phenoxy) is 2. The molecule has 120 valence electrons. The van der Waals surface area contributed by atoms with Gasteiger partial charge in [0.1, 0.15) is 0 Å². The fourth-order valence-corrected chi connectivity index (χ4v) is 2.94. The number of amides is 1. The Labute approximate surface area is 136 Å². The first-order valence-electron chi connectivity index (χ1n) is 8.01. The topological polar surface area (TPSA) is 47.6 Å². The fraction of sp³-hybridized carbons (Fsp3) is 0.316. The van der Waals surface area contributed by atoms with Crippen LogP contribution in [0.3, 0.4) is 0 Å². The lowest BCUT2D eigenvalue weighted by atomic mass is 9.93. The molecule has 0 aliphatic carbocycles. The van der Waals surface area contributed by atoms with Crippen LogP contribution in [0, 0.1) is 0 Å². The molecule has 1 aliphatic rings.